The van der Waals surface area contributed by atoms with Gasteiger partial charge in [0, 0.05) is 0 Å². The topological polar surface area (TPSA) is 54.4 Å². The average molecular weight is 350 g/mol. The zero-order chi connectivity index (χ0) is 16.5. The maximum atomic E-state index is 12.8. The van der Waals surface area contributed by atoms with Crippen LogP contribution in [0.5, 0.6) is 0 Å². The first-order valence-corrected chi connectivity index (χ1v) is 6.07. The van der Waals surface area contributed by atoms with Crippen LogP contribution in [0.3, 0.4) is 0 Å². The van der Waals surface area contributed by atoms with Gasteiger partial charge in [0.15, 0.2) is 18.5 Å². The van der Waals surface area contributed by atoms with Crippen molar-refractivity contribution in [2.75, 3.05) is 0 Å². The molecule has 0 aromatic heterocycles. The summed E-state index contributed by atoms with van der Waals surface area (Å²) in [6.45, 7) is 0. The zero-order valence-corrected chi connectivity index (χ0v) is 9.85. The Hall–Kier alpha value is -0.123. The Morgan fingerprint density at radius 1 is 0.810 bits per heavy atom. The van der Waals surface area contributed by atoms with Crippen molar-refractivity contribution in [1.29, 1.82) is 0 Å². The van der Waals surface area contributed by atoms with Crippen LogP contribution in [0, 0.1) is 0 Å². The molecule has 0 heterocycles. The van der Waals surface area contributed by atoms with E-state index in [9.17, 15) is 47.9 Å². The van der Waals surface area contributed by atoms with E-state index in [4.69, 9.17) is 4.55 Å². The summed E-state index contributed by atoms with van der Waals surface area (Å²) in [6, 6.07) is 0. The second kappa shape index (κ2) is 7.94. The van der Waals surface area contributed by atoms with Gasteiger partial charge in [-0.2, -0.15) is 17.2 Å². The molecule has 0 aliphatic heterocycles. The van der Waals surface area contributed by atoms with Crippen molar-refractivity contribution in [3.63, 3.8) is 0 Å². The van der Waals surface area contributed by atoms with Gasteiger partial charge < -0.3 is 0 Å². The second-order valence-electron chi connectivity index (χ2n) is 3.58. The first-order valence-electron chi connectivity index (χ1n) is 4.57. The van der Waals surface area contributed by atoms with Crippen molar-refractivity contribution in [3.8, 4) is 0 Å². The van der Waals surface area contributed by atoms with Gasteiger partial charge in [0.1, 0.15) is 0 Å². The molecule has 5 unspecified atom stereocenters. The molecule has 0 spiro atoms. The molecule has 5 atom stereocenters. The van der Waals surface area contributed by atoms with Crippen molar-refractivity contribution in [1.82, 2.24) is 0 Å². The van der Waals surface area contributed by atoms with Crippen LogP contribution in [0.4, 0.5) is 39.5 Å². The molecular weight excluding hydrogens is 342 g/mol. The van der Waals surface area contributed by atoms with E-state index in [0.717, 1.165) is 0 Å². The molecular formula is C7H8F9LiO3S. The van der Waals surface area contributed by atoms with E-state index in [-0.39, 0.29) is 18.9 Å². The van der Waals surface area contributed by atoms with Crippen molar-refractivity contribution in [2.24, 2.45) is 0 Å². The summed E-state index contributed by atoms with van der Waals surface area (Å²) in [6.07, 6.45) is -21.2. The van der Waals surface area contributed by atoms with Gasteiger partial charge in [0.2, 0.25) is 6.17 Å². The molecule has 0 aromatic rings. The van der Waals surface area contributed by atoms with Crippen LogP contribution >= 0.6 is 0 Å². The zero-order valence-electron chi connectivity index (χ0n) is 9.04. The predicted octanol–water partition coefficient (Wildman–Crippen LogP) is 1.77. The summed E-state index contributed by atoms with van der Waals surface area (Å²) < 4.78 is 140. The van der Waals surface area contributed by atoms with Gasteiger partial charge in [0.25, 0.3) is 11.9 Å². The fourth-order valence-corrected chi connectivity index (χ4v) is 1.54. The Labute approximate surface area is 124 Å². The van der Waals surface area contributed by atoms with E-state index >= 15 is 0 Å². The van der Waals surface area contributed by atoms with E-state index < -0.39 is 52.7 Å². The third-order valence-corrected chi connectivity index (χ3v) is 2.90. The van der Waals surface area contributed by atoms with Gasteiger partial charge in [-0.25, -0.2) is 30.7 Å². The number of hydrogen-bond acceptors (Lipinski definition) is 2. The van der Waals surface area contributed by atoms with Crippen molar-refractivity contribution < 1.29 is 52.5 Å². The van der Waals surface area contributed by atoms with Crippen molar-refractivity contribution in [3.05, 3.63) is 0 Å². The van der Waals surface area contributed by atoms with Crippen LogP contribution < -0.4 is 0 Å². The van der Waals surface area contributed by atoms with Gasteiger partial charge in [0.05, 0.1) is 0 Å². The van der Waals surface area contributed by atoms with Crippen molar-refractivity contribution in [2.45, 2.75) is 42.5 Å². The summed E-state index contributed by atoms with van der Waals surface area (Å²) in [5.74, 6) is -5.82. The molecule has 14 heteroatoms. The summed E-state index contributed by atoms with van der Waals surface area (Å²) in [5.41, 5.74) is -4.68. The van der Waals surface area contributed by atoms with Crippen LogP contribution in [-0.4, -0.2) is 74.4 Å². The van der Waals surface area contributed by atoms with Gasteiger partial charge in [-0.3, -0.25) is 4.55 Å². The Balaban J connectivity index is 0. The van der Waals surface area contributed by atoms with Crippen LogP contribution in [0.2, 0.25) is 0 Å². The molecule has 0 aliphatic rings. The van der Waals surface area contributed by atoms with Gasteiger partial charge in [-0.05, 0) is 0 Å². The third kappa shape index (κ3) is 5.54. The number of hydrogen-bond donors (Lipinski definition) is 1. The average Bonchev–Trinajstić information content (AvgIpc) is 2.32. The van der Waals surface area contributed by atoms with E-state index in [1.165, 1.54) is 0 Å². The van der Waals surface area contributed by atoms with E-state index in [2.05, 4.69) is 0 Å². The Bertz CT molecular complexity index is 420. The molecule has 0 saturated carbocycles. The fourth-order valence-electron chi connectivity index (χ4n) is 1.01. The molecule has 0 aliphatic carbocycles. The Kier molecular flexibility index (Phi) is 8.75. The maximum absolute atomic E-state index is 12.8. The normalized spacial score (nSPS) is 20.3. The van der Waals surface area contributed by atoms with E-state index in [1.807, 2.05) is 0 Å². The summed E-state index contributed by atoms with van der Waals surface area (Å²) in [7, 11) is -6.19. The standard InChI is InChI=1S/C7H7F9O3S.Li.H/c8-1(3(10)5(12)13)2(9)4(11)7(15,16)6(14)20(17,18)19;;/h1-6H,(H,17,18,19);;. The third-order valence-electron chi connectivity index (χ3n) is 2.06. The SMILES string of the molecule is O=S(=O)(O)C(F)C(F)(F)C(F)C(F)C(F)C(F)C(F)F.[LiH]. The monoisotopic (exact) mass is 350 g/mol. The Morgan fingerprint density at radius 3 is 1.48 bits per heavy atom. The molecule has 3 nitrogen and oxygen atoms in total. The molecule has 0 aromatic carbocycles. The van der Waals surface area contributed by atoms with Gasteiger partial charge in [-0.1, -0.05) is 0 Å². The minimum absolute atomic E-state index is 0. The summed E-state index contributed by atoms with van der Waals surface area (Å²) >= 11 is 0. The quantitative estimate of drug-likeness (QED) is 0.433. The van der Waals surface area contributed by atoms with Crippen LogP contribution in [0.25, 0.3) is 0 Å². The molecule has 21 heavy (non-hydrogen) atoms. The minimum atomic E-state index is -6.19. The number of halogens is 9. The first-order chi connectivity index (χ1) is 8.74. The molecule has 0 saturated heterocycles. The van der Waals surface area contributed by atoms with Gasteiger partial charge in [-0.15, -0.1) is 0 Å². The predicted molar refractivity (Wildman–Crippen MR) is 54.1 cm³/mol. The molecule has 0 amide bonds. The van der Waals surface area contributed by atoms with Crippen LogP contribution in [0.15, 0.2) is 0 Å². The molecule has 0 fully saturated rings. The summed E-state index contributed by atoms with van der Waals surface area (Å²) in [4.78, 5) is 0. The molecule has 0 bridgehead atoms. The number of alkyl halides is 9. The van der Waals surface area contributed by atoms with Crippen LogP contribution in [0.1, 0.15) is 0 Å². The molecule has 0 rings (SSSR count). The van der Waals surface area contributed by atoms with Crippen LogP contribution in [-0.2, 0) is 10.1 Å². The van der Waals surface area contributed by atoms with Crippen molar-refractivity contribution >= 4 is 29.0 Å². The Morgan fingerprint density at radius 2 is 1.19 bits per heavy atom. The molecule has 124 valence electrons. The molecule has 1 N–H and O–H groups in total. The number of rotatable bonds is 7. The fraction of sp³-hybridized carbons (Fsp3) is 1.00. The van der Waals surface area contributed by atoms with Gasteiger partial charge >= 0.3 is 34.9 Å². The van der Waals surface area contributed by atoms with E-state index in [0.29, 0.717) is 0 Å². The summed E-state index contributed by atoms with van der Waals surface area (Å²) in [5, 5.41) is 0. The second-order valence-corrected chi connectivity index (χ2v) is 5.02. The first kappa shape index (κ1) is 23.1. The van der Waals surface area contributed by atoms with E-state index in [1.54, 1.807) is 0 Å². The molecule has 0 radical (unpaired) electrons.